The number of aliphatic hydroxyl groups excluding tert-OH is 1. The summed E-state index contributed by atoms with van der Waals surface area (Å²) in [5.41, 5.74) is -0.412. The van der Waals surface area contributed by atoms with Gasteiger partial charge in [0.05, 0.1) is 18.2 Å². The maximum Gasteiger partial charge on any atom is 0.337 e. The summed E-state index contributed by atoms with van der Waals surface area (Å²) in [4.78, 5) is 21.4. The van der Waals surface area contributed by atoms with Gasteiger partial charge in [-0.2, -0.15) is 5.26 Å². The van der Waals surface area contributed by atoms with Gasteiger partial charge < -0.3 is 14.9 Å². The summed E-state index contributed by atoms with van der Waals surface area (Å²) >= 11 is 0. The highest BCUT2D eigenvalue weighted by Gasteiger charge is 2.25. The molecule has 6 nitrogen and oxygen atoms in total. The first kappa shape index (κ1) is 12.7. The Bertz CT molecular complexity index is 503. The van der Waals surface area contributed by atoms with Crippen molar-refractivity contribution in [1.29, 1.82) is 5.26 Å². The second-order valence-corrected chi connectivity index (χ2v) is 3.12. The van der Waals surface area contributed by atoms with Crippen LogP contribution in [-0.2, 0) is 4.79 Å². The van der Waals surface area contributed by atoms with Crippen molar-refractivity contribution in [3.05, 3.63) is 28.8 Å². The lowest BCUT2D eigenvalue weighted by Gasteiger charge is -2.14. The van der Waals surface area contributed by atoms with Crippen LogP contribution in [0.1, 0.15) is 27.6 Å². The summed E-state index contributed by atoms with van der Waals surface area (Å²) in [5, 5.41) is 27.1. The van der Waals surface area contributed by atoms with E-state index in [-0.39, 0.29) is 22.4 Å². The predicted molar refractivity (Wildman–Crippen MR) is 55.7 cm³/mol. The Morgan fingerprint density at radius 2 is 2.24 bits per heavy atom. The zero-order chi connectivity index (χ0) is 13.0. The molecule has 1 aromatic carbocycles. The van der Waals surface area contributed by atoms with E-state index in [1.54, 1.807) is 6.07 Å². The molecule has 1 unspecified atom stereocenters. The molecule has 1 atom stereocenters. The number of carbonyl (C=O) groups is 2. The van der Waals surface area contributed by atoms with Crippen LogP contribution in [0.3, 0.4) is 0 Å². The Labute approximate surface area is 96.7 Å². The highest BCUT2D eigenvalue weighted by atomic mass is 16.5. The first-order valence-electron chi connectivity index (χ1n) is 4.53. The van der Waals surface area contributed by atoms with Gasteiger partial charge in [0.1, 0.15) is 11.8 Å². The molecule has 0 aliphatic heterocycles. The Balaban J connectivity index is 3.57. The van der Waals surface area contributed by atoms with Crippen molar-refractivity contribution < 1.29 is 24.5 Å². The molecule has 0 fully saturated rings. The maximum absolute atomic E-state index is 10.7. The van der Waals surface area contributed by atoms with Crippen molar-refractivity contribution in [2.24, 2.45) is 0 Å². The van der Waals surface area contributed by atoms with Gasteiger partial charge in [-0.1, -0.05) is 0 Å². The number of aliphatic carboxylic acids is 1. The topological polar surface area (TPSA) is 108 Å². The molecule has 0 saturated heterocycles. The van der Waals surface area contributed by atoms with Crippen LogP contribution in [-0.4, -0.2) is 29.6 Å². The fourth-order valence-corrected chi connectivity index (χ4v) is 1.41. The van der Waals surface area contributed by atoms with E-state index >= 15 is 0 Å². The largest absolute Gasteiger partial charge is 0.496 e. The molecule has 2 N–H and O–H groups in total. The minimum Gasteiger partial charge on any atom is -0.496 e. The number of hydrogen-bond donors (Lipinski definition) is 2. The van der Waals surface area contributed by atoms with Crippen LogP contribution in [0.5, 0.6) is 5.75 Å². The molecule has 0 amide bonds. The molecular formula is C11H9NO5. The fourth-order valence-electron chi connectivity index (χ4n) is 1.41. The van der Waals surface area contributed by atoms with E-state index in [0.717, 1.165) is 0 Å². The van der Waals surface area contributed by atoms with Crippen molar-refractivity contribution in [3.63, 3.8) is 0 Å². The summed E-state index contributed by atoms with van der Waals surface area (Å²) in [6.45, 7) is 0. The lowest BCUT2D eigenvalue weighted by atomic mass is 9.97. The Morgan fingerprint density at radius 3 is 2.65 bits per heavy atom. The van der Waals surface area contributed by atoms with E-state index in [1.807, 2.05) is 0 Å². The third kappa shape index (κ3) is 2.24. The van der Waals surface area contributed by atoms with Gasteiger partial charge in [-0.15, -0.1) is 0 Å². The van der Waals surface area contributed by atoms with Gasteiger partial charge in [-0.05, 0) is 12.1 Å². The summed E-state index contributed by atoms with van der Waals surface area (Å²) < 4.78 is 4.87. The van der Waals surface area contributed by atoms with E-state index in [9.17, 15) is 14.7 Å². The van der Waals surface area contributed by atoms with Gasteiger partial charge in [0.15, 0.2) is 12.4 Å². The number of methoxy groups -OCH3 is 1. The molecular weight excluding hydrogens is 226 g/mol. The summed E-state index contributed by atoms with van der Waals surface area (Å²) in [6, 6.07) is 4.34. The minimum absolute atomic E-state index is 0.00333. The third-order valence-electron chi connectivity index (χ3n) is 2.20. The number of hydrogen-bond acceptors (Lipinski definition) is 5. The molecule has 0 aliphatic rings. The molecule has 0 heterocycles. The minimum atomic E-state index is -1.92. The number of benzene rings is 1. The number of carboxylic acids is 1. The summed E-state index contributed by atoms with van der Waals surface area (Å²) in [6.07, 6.45) is -1.50. The second kappa shape index (κ2) is 5.09. The average molecular weight is 235 g/mol. The van der Waals surface area contributed by atoms with Crippen LogP contribution < -0.4 is 4.74 Å². The van der Waals surface area contributed by atoms with Crippen molar-refractivity contribution >= 4 is 12.3 Å². The van der Waals surface area contributed by atoms with Crippen LogP contribution >= 0.6 is 0 Å². The number of nitriles is 1. The molecule has 0 bridgehead atoms. The van der Waals surface area contributed by atoms with E-state index in [0.29, 0.717) is 6.29 Å². The highest BCUT2D eigenvalue weighted by Crippen LogP contribution is 2.30. The number of nitrogens with zero attached hydrogens (tertiary/aromatic N) is 1. The third-order valence-corrected chi connectivity index (χ3v) is 2.20. The predicted octanol–water partition coefficient (Wildman–Crippen LogP) is 0.497. The van der Waals surface area contributed by atoms with Gasteiger partial charge >= 0.3 is 5.97 Å². The van der Waals surface area contributed by atoms with Crippen LogP contribution in [0.2, 0.25) is 0 Å². The summed E-state index contributed by atoms with van der Waals surface area (Å²) in [5.74, 6) is -1.48. The smallest absolute Gasteiger partial charge is 0.337 e. The molecule has 0 aromatic heterocycles. The molecule has 1 rings (SSSR count). The zero-order valence-corrected chi connectivity index (χ0v) is 8.88. The van der Waals surface area contributed by atoms with Crippen LogP contribution in [0.25, 0.3) is 0 Å². The standard InChI is InChI=1S/C11H9NO5/c1-17-8-3-2-6(5-13)7(4-12)9(8)10(14)11(15)16/h2-3,5,10,14H,1H3,(H,15,16). The number of carbonyl (C=O) groups excluding carboxylic acids is 1. The average Bonchev–Trinajstić information content (AvgIpc) is 2.35. The number of aldehydes is 1. The summed E-state index contributed by atoms with van der Waals surface area (Å²) in [7, 11) is 1.27. The van der Waals surface area contributed by atoms with Gasteiger partial charge in [0, 0.05) is 5.56 Å². The van der Waals surface area contributed by atoms with Gasteiger partial charge in [-0.3, -0.25) is 4.79 Å². The SMILES string of the molecule is COc1ccc(C=O)c(C#N)c1C(O)C(=O)O. The highest BCUT2D eigenvalue weighted by molar-refractivity contribution is 5.84. The van der Waals surface area contributed by atoms with E-state index in [2.05, 4.69) is 0 Å². The number of aliphatic hydroxyl groups is 1. The first-order chi connectivity index (χ1) is 8.06. The van der Waals surface area contributed by atoms with Crippen LogP contribution in [0, 0.1) is 11.3 Å². The lowest BCUT2D eigenvalue weighted by Crippen LogP contribution is -2.14. The molecule has 0 aliphatic carbocycles. The second-order valence-electron chi connectivity index (χ2n) is 3.12. The molecule has 0 saturated carbocycles. The van der Waals surface area contributed by atoms with Crippen molar-refractivity contribution in [1.82, 2.24) is 0 Å². The van der Waals surface area contributed by atoms with E-state index in [4.69, 9.17) is 15.1 Å². The zero-order valence-electron chi connectivity index (χ0n) is 8.88. The molecule has 88 valence electrons. The number of ether oxygens (including phenoxy) is 1. The monoisotopic (exact) mass is 235 g/mol. The van der Waals surface area contributed by atoms with Crippen LogP contribution in [0.4, 0.5) is 0 Å². The molecule has 17 heavy (non-hydrogen) atoms. The van der Waals surface area contributed by atoms with Gasteiger partial charge in [-0.25, -0.2) is 4.79 Å². The van der Waals surface area contributed by atoms with Crippen LogP contribution in [0.15, 0.2) is 12.1 Å². The molecule has 1 aromatic rings. The van der Waals surface area contributed by atoms with Gasteiger partial charge in [0.25, 0.3) is 0 Å². The normalized spacial score (nSPS) is 11.4. The van der Waals surface area contributed by atoms with Crippen molar-refractivity contribution in [3.8, 4) is 11.8 Å². The number of carboxylic acid groups (broad SMARTS) is 1. The van der Waals surface area contributed by atoms with E-state index < -0.39 is 12.1 Å². The molecule has 0 spiro atoms. The quantitative estimate of drug-likeness (QED) is 0.735. The molecule has 6 heteroatoms. The van der Waals surface area contributed by atoms with E-state index in [1.165, 1.54) is 19.2 Å². The van der Waals surface area contributed by atoms with Crippen molar-refractivity contribution in [2.75, 3.05) is 7.11 Å². The fraction of sp³-hybridized carbons (Fsp3) is 0.182. The van der Waals surface area contributed by atoms with Gasteiger partial charge in [0.2, 0.25) is 0 Å². The Morgan fingerprint density at radius 1 is 1.59 bits per heavy atom. The Hall–Kier alpha value is -2.39. The molecule has 0 radical (unpaired) electrons. The first-order valence-corrected chi connectivity index (χ1v) is 4.53. The maximum atomic E-state index is 10.7. The Kier molecular flexibility index (Phi) is 3.80. The number of rotatable bonds is 4. The van der Waals surface area contributed by atoms with Crippen molar-refractivity contribution in [2.45, 2.75) is 6.10 Å². The lowest BCUT2D eigenvalue weighted by molar-refractivity contribution is -0.147.